The van der Waals surface area contributed by atoms with E-state index in [1.165, 1.54) is 0 Å². The molecule has 0 aliphatic heterocycles. The van der Waals surface area contributed by atoms with E-state index in [1.807, 2.05) is 43.3 Å². The minimum Gasteiger partial charge on any atom is -0.356 e. The number of nitriles is 1. The highest BCUT2D eigenvalue weighted by molar-refractivity contribution is 5.79. The van der Waals surface area contributed by atoms with Gasteiger partial charge in [-0.05, 0) is 13.0 Å². The van der Waals surface area contributed by atoms with Crippen LogP contribution in [-0.4, -0.2) is 10.1 Å². The average Bonchev–Trinajstić information content (AvgIpc) is 2.94. The van der Waals surface area contributed by atoms with E-state index in [0.29, 0.717) is 11.3 Å². The summed E-state index contributed by atoms with van der Waals surface area (Å²) in [6.45, 7) is 1.86. The molecular weight excluding hydrogens is 250 g/mol. The van der Waals surface area contributed by atoms with Crippen molar-refractivity contribution in [1.29, 1.82) is 5.26 Å². The Kier molecular flexibility index (Phi) is 3.02. The number of aryl methyl sites for hydroxylation is 1. The maximum atomic E-state index is 9.04. The number of pyridine rings is 1. The lowest BCUT2D eigenvalue weighted by Gasteiger charge is -2.06. The zero-order valence-corrected chi connectivity index (χ0v) is 10.9. The van der Waals surface area contributed by atoms with Crippen LogP contribution in [0.2, 0.25) is 0 Å². The van der Waals surface area contributed by atoms with Crippen LogP contribution in [0.5, 0.6) is 0 Å². The molecule has 0 aliphatic rings. The summed E-state index contributed by atoms with van der Waals surface area (Å²) in [5.74, 6) is 0.617. The first-order valence-corrected chi connectivity index (χ1v) is 6.17. The average molecular weight is 261 g/mol. The molecule has 0 radical (unpaired) electrons. The Balaban J connectivity index is 2.23. The van der Waals surface area contributed by atoms with Crippen LogP contribution in [0, 0.1) is 18.3 Å². The number of nitrogens with zero attached hydrogens (tertiary/aromatic N) is 3. The molecule has 0 aliphatic carbocycles. The van der Waals surface area contributed by atoms with E-state index in [9.17, 15) is 0 Å². The van der Waals surface area contributed by atoms with Crippen LogP contribution in [0.4, 0.5) is 0 Å². The molecule has 0 saturated heterocycles. The third-order valence-corrected chi connectivity index (χ3v) is 2.96. The summed E-state index contributed by atoms with van der Waals surface area (Å²) in [4.78, 5) is 4.40. The number of aromatic nitrogens is 2. The first-order chi connectivity index (χ1) is 9.78. The molecular formula is C16H11N3O. The normalized spacial score (nSPS) is 10.2. The molecule has 0 unspecified atom stereocenters. The largest absolute Gasteiger partial charge is 0.356 e. The SMILES string of the molecule is Cc1cc(-c2cc(C#N)cnc2-c2ccccc2)on1. The summed E-state index contributed by atoms with van der Waals surface area (Å²) in [5.41, 5.74) is 3.81. The summed E-state index contributed by atoms with van der Waals surface area (Å²) in [5, 5.41) is 12.9. The summed E-state index contributed by atoms with van der Waals surface area (Å²) in [6, 6.07) is 15.5. The second-order valence-corrected chi connectivity index (χ2v) is 4.43. The molecule has 1 aromatic carbocycles. The van der Waals surface area contributed by atoms with E-state index in [-0.39, 0.29) is 0 Å². The smallest absolute Gasteiger partial charge is 0.169 e. The monoisotopic (exact) mass is 261 g/mol. The fraction of sp³-hybridized carbons (Fsp3) is 0.0625. The Morgan fingerprint density at radius 1 is 1.15 bits per heavy atom. The van der Waals surface area contributed by atoms with Gasteiger partial charge in [-0.25, -0.2) is 0 Å². The zero-order chi connectivity index (χ0) is 13.9. The number of benzene rings is 1. The van der Waals surface area contributed by atoms with Gasteiger partial charge < -0.3 is 4.52 Å². The standard InChI is InChI=1S/C16H11N3O/c1-11-7-15(20-19-11)14-8-12(9-17)10-18-16(14)13-5-3-2-4-6-13/h2-8,10H,1H3. The Morgan fingerprint density at radius 2 is 1.95 bits per heavy atom. The maximum absolute atomic E-state index is 9.04. The molecule has 0 saturated carbocycles. The Morgan fingerprint density at radius 3 is 2.60 bits per heavy atom. The van der Waals surface area contributed by atoms with Crippen LogP contribution in [-0.2, 0) is 0 Å². The van der Waals surface area contributed by atoms with Crippen molar-refractivity contribution in [2.24, 2.45) is 0 Å². The summed E-state index contributed by atoms with van der Waals surface area (Å²) in [7, 11) is 0. The molecule has 2 aromatic heterocycles. The van der Waals surface area contributed by atoms with Crippen molar-refractivity contribution in [3.8, 4) is 28.7 Å². The summed E-state index contributed by atoms with van der Waals surface area (Å²) in [6.07, 6.45) is 1.56. The van der Waals surface area contributed by atoms with Crippen LogP contribution >= 0.6 is 0 Å². The van der Waals surface area contributed by atoms with Crippen molar-refractivity contribution in [3.05, 3.63) is 59.9 Å². The molecule has 3 aromatic rings. The fourth-order valence-electron chi connectivity index (χ4n) is 2.03. The summed E-state index contributed by atoms with van der Waals surface area (Å²) >= 11 is 0. The number of hydrogen-bond donors (Lipinski definition) is 0. The van der Waals surface area contributed by atoms with Gasteiger partial charge in [0.2, 0.25) is 0 Å². The topological polar surface area (TPSA) is 62.7 Å². The van der Waals surface area contributed by atoms with E-state index < -0.39 is 0 Å². The predicted molar refractivity (Wildman–Crippen MR) is 74.6 cm³/mol. The van der Waals surface area contributed by atoms with Crippen LogP contribution in [0.15, 0.2) is 53.2 Å². The molecule has 0 N–H and O–H groups in total. The number of hydrogen-bond acceptors (Lipinski definition) is 4. The molecule has 4 nitrogen and oxygen atoms in total. The van der Waals surface area contributed by atoms with Crippen LogP contribution in [0.1, 0.15) is 11.3 Å². The maximum Gasteiger partial charge on any atom is 0.169 e. The lowest BCUT2D eigenvalue weighted by Crippen LogP contribution is -1.90. The first kappa shape index (κ1) is 12.1. The lowest BCUT2D eigenvalue weighted by atomic mass is 10.0. The zero-order valence-electron chi connectivity index (χ0n) is 10.9. The van der Waals surface area contributed by atoms with Crippen LogP contribution in [0.25, 0.3) is 22.6 Å². The van der Waals surface area contributed by atoms with Crippen molar-refractivity contribution < 1.29 is 4.52 Å². The van der Waals surface area contributed by atoms with Crippen molar-refractivity contribution in [1.82, 2.24) is 10.1 Å². The molecule has 0 atom stereocenters. The molecule has 0 bridgehead atoms. The van der Waals surface area contributed by atoms with Gasteiger partial charge in [-0.15, -0.1) is 0 Å². The third-order valence-electron chi connectivity index (χ3n) is 2.96. The van der Waals surface area contributed by atoms with Crippen molar-refractivity contribution in [2.45, 2.75) is 6.92 Å². The highest BCUT2D eigenvalue weighted by atomic mass is 16.5. The second-order valence-electron chi connectivity index (χ2n) is 4.43. The molecule has 0 spiro atoms. The first-order valence-electron chi connectivity index (χ1n) is 6.17. The Hall–Kier alpha value is -2.93. The predicted octanol–water partition coefficient (Wildman–Crippen LogP) is 3.58. The van der Waals surface area contributed by atoms with Crippen molar-refractivity contribution in [3.63, 3.8) is 0 Å². The van der Waals surface area contributed by atoms with Gasteiger partial charge >= 0.3 is 0 Å². The van der Waals surface area contributed by atoms with Gasteiger partial charge in [0, 0.05) is 23.4 Å². The highest BCUT2D eigenvalue weighted by Gasteiger charge is 2.14. The van der Waals surface area contributed by atoms with Crippen LogP contribution < -0.4 is 0 Å². The number of rotatable bonds is 2. The van der Waals surface area contributed by atoms with Gasteiger partial charge in [-0.1, -0.05) is 35.5 Å². The quantitative estimate of drug-likeness (QED) is 0.707. The van der Waals surface area contributed by atoms with Gasteiger partial charge in [0.05, 0.1) is 17.0 Å². The van der Waals surface area contributed by atoms with E-state index in [2.05, 4.69) is 16.2 Å². The van der Waals surface area contributed by atoms with Gasteiger partial charge in [-0.2, -0.15) is 5.26 Å². The van der Waals surface area contributed by atoms with Gasteiger partial charge in [-0.3, -0.25) is 4.98 Å². The van der Waals surface area contributed by atoms with Gasteiger partial charge in [0.1, 0.15) is 6.07 Å². The fourth-order valence-corrected chi connectivity index (χ4v) is 2.03. The molecule has 3 rings (SSSR count). The van der Waals surface area contributed by atoms with E-state index in [0.717, 1.165) is 22.5 Å². The van der Waals surface area contributed by atoms with E-state index >= 15 is 0 Å². The molecule has 4 heteroatoms. The van der Waals surface area contributed by atoms with Crippen molar-refractivity contribution in [2.75, 3.05) is 0 Å². The minimum absolute atomic E-state index is 0.494. The highest BCUT2D eigenvalue weighted by Crippen LogP contribution is 2.31. The van der Waals surface area contributed by atoms with Gasteiger partial charge in [0.15, 0.2) is 5.76 Å². The molecule has 2 heterocycles. The summed E-state index contributed by atoms with van der Waals surface area (Å²) < 4.78 is 5.31. The van der Waals surface area contributed by atoms with Gasteiger partial charge in [0.25, 0.3) is 0 Å². The van der Waals surface area contributed by atoms with E-state index in [1.54, 1.807) is 12.3 Å². The van der Waals surface area contributed by atoms with Crippen LogP contribution in [0.3, 0.4) is 0 Å². The van der Waals surface area contributed by atoms with Crippen molar-refractivity contribution >= 4 is 0 Å². The Labute approximate surface area is 116 Å². The lowest BCUT2D eigenvalue weighted by molar-refractivity contribution is 0.427. The minimum atomic E-state index is 0.494. The molecule has 96 valence electrons. The Bertz CT molecular complexity index is 785. The molecule has 0 amide bonds. The van der Waals surface area contributed by atoms with E-state index in [4.69, 9.17) is 9.78 Å². The molecule has 0 fully saturated rings. The molecule has 20 heavy (non-hydrogen) atoms. The third kappa shape index (κ3) is 2.17. The second kappa shape index (κ2) is 4.98.